The van der Waals surface area contributed by atoms with E-state index in [1.54, 1.807) is 36.4 Å². The van der Waals surface area contributed by atoms with E-state index < -0.39 is 18.2 Å². The Morgan fingerprint density at radius 3 is 2.71 bits per heavy atom. The summed E-state index contributed by atoms with van der Waals surface area (Å²) in [6, 6.07) is 11.5. The van der Waals surface area contributed by atoms with Crippen LogP contribution in [0.2, 0.25) is 5.02 Å². The van der Waals surface area contributed by atoms with Crippen molar-refractivity contribution >= 4 is 51.2 Å². The summed E-state index contributed by atoms with van der Waals surface area (Å²) in [5, 5.41) is 16.3. The van der Waals surface area contributed by atoms with Gasteiger partial charge in [0.2, 0.25) is 11.8 Å². The second kappa shape index (κ2) is 8.47. The van der Waals surface area contributed by atoms with Gasteiger partial charge in [-0.25, -0.2) is 5.43 Å². The fourth-order valence-corrected chi connectivity index (χ4v) is 2.31. The SMILES string of the molecule is O=C(CC(=O)Nc1ccccc1Cl)N/N=C/c1cc(Br)ccc1O. The number of hydrogen-bond donors (Lipinski definition) is 3. The van der Waals surface area contributed by atoms with Gasteiger partial charge in [0.25, 0.3) is 0 Å². The van der Waals surface area contributed by atoms with Crippen molar-refractivity contribution in [1.29, 1.82) is 0 Å². The van der Waals surface area contributed by atoms with Crippen LogP contribution in [0.1, 0.15) is 12.0 Å². The first-order valence-electron chi connectivity index (χ1n) is 6.80. The molecule has 24 heavy (non-hydrogen) atoms. The Morgan fingerprint density at radius 2 is 1.96 bits per heavy atom. The highest BCUT2D eigenvalue weighted by Crippen LogP contribution is 2.21. The molecule has 6 nitrogen and oxygen atoms in total. The fraction of sp³-hybridized carbons (Fsp3) is 0.0625. The molecule has 0 saturated carbocycles. The molecule has 124 valence electrons. The van der Waals surface area contributed by atoms with E-state index in [-0.39, 0.29) is 5.75 Å². The number of carbonyl (C=O) groups is 2. The van der Waals surface area contributed by atoms with E-state index in [4.69, 9.17) is 11.6 Å². The van der Waals surface area contributed by atoms with Crippen molar-refractivity contribution in [2.75, 3.05) is 5.32 Å². The topological polar surface area (TPSA) is 90.8 Å². The Balaban J connectivity index is 1.87. The molecule has 0 unspecified atom stereocenters. The number of aromatic hydroxyl groups is 1. The number of para-hydroxylation sites is 1. The van der Waals surface area contributed by atoms with Gasteiger partial charge in [-0.1, -0.05) is 39.7 Å². The van der Waals surface area contributed by atoms with Gasteiger partial charge < -0.3 is 10.4 Å². The van der Waals surface area contributed by atoms with Crippen LogP contribution in [-0.2, 0) is 9.59 Å². The van der Waals surface area contributed by atoms with Crippen LogP contribution in [0.15, 0.2) is 52.0 Å². The molecule has 0 aromatic heterocycles. The van der Waals surface area contributed by atoms with Gasteiger partial charge in [-0.05, 0) is 30.3 Å². The standard InChI is InChI=1S/C16H13BrClN3O3/c17-11-5-6-14(22)10(7-11)9-19-21-16(24)8-15(23)20-13-4-2-1-3-12(13)18/h1-7,9,22H,8H2,(H,20,23)(H,21,24)/b19-9+. The number of anilines is 1. The van der Waals surface area contributed by atoms with Gasteiger partial charge in [-0.3, -0.25) is 9.59 Å². The first-order valence-corrected chi connectivity index (χ1v) is 7.97. The van der Waals surface area contributed by atoms with E-state index in [0.29, 0.717) is 16.3 Å². The molecule has 2 rings (SSSR count). The average molecular weight is 411 g/mol. The molecular formula is C16H13BrClN3O3. The molecular weight excluding hydrogens is 398 g/mol. The lowest BCUT2D eigenvalue weighted by Gasteiger charge is -2.06. The Kier molecular flexibility index (Phi) is 6.34. The van der Waals surface area contributed by atoms with Crippen LogP contribution in [-0.4, -0.2) is 23.1 Å². The van der Waals surface area contributed by atoms with Crippen LogP contribution < -0.4 is 10.7 Å². The lowest BCUT2D eigenvalue weighted by molar-refractivity contribution is -0.126. The Hall–Kier alpha value is -2.38. The number of rotatable bonds is 5. The molecule has 0 aliphatic rings. The fourth-order valence-electron chi connectivity index (χ4n) is 1.74. The number of hydrazone groups is 1. The second-order valence-electron chi connectivity index (χ2n) is 4.70. The van der Waals surface area contributed by atoms with E-state index >= 15 is 0 Å². The molecule has 0 aliphatic heterocycles. The minimum Gasteiger partial charge on any atom is -0.507 e. The van der Waals surface area contributed by atoms with Crippen LogP contribution in [0.4, 0.5) is 5.69 Å². The zero-order valence-corrected chi connectivity index (χ0v) is 14.6. The van der Waals surface area contributed by atoms with Crippen molar-refractivity contribution in [2.45, 2.75) is 6.42 Å². The zero-order valence-electron chi connectivity index (χ0n) is 12.3. The molecule has 0 fully saturated rings. The Bertz CT molecular complexity index is 796. The number of carbonyl (C=O) groups excluding carboxylic acids is 2. The van der Waals surface area contributed by atoms with Gasteiger partial charge in [-0.2, -0.15) is 5.10 Å². The van der Waals surface area contributed by atoms with E-state index in [2.05, 4.69) is 31.8 Å². The smallest absolute Gasteiger partial charge is 0.249 e. The number of halogens is 2. The monoisotopic (exact) mass is 409 g/mol. The first-order chi connectivity index (χ1) is 11.5. The van der Waals surface area contributed by atoms with Gasteiger partial charge in [0.05, 0.1) is 16.9 Å². The third kappa shape index (κ3) is 5.36. The van der Waals surface area contributed by atoms with Gasteiger partial charge >= 0.3 is 0 Å². The highest BCUT2D eigenvalue weighted by atomic mass is 79.9. The van der Waals surface area contributed by atoms with E-state index in [9.17, 15) is 14.7 Å². The van der Waals surface area contributed by atoms with Crippen molar-refractivity contribution in [2.24, 2.45) is 5.10 Å². The number of hydrogen-bond acceptors (Lipinski definition) is 4. The minimum absolute atomic E-state index is 0.0210. The van der Waals surface area contributed by atoms with Crippen LogP contribution in [0, 0.1) is 0 Å². The molecule has 0 saturated heterocycles. The molecule has 8 heteroatoms. The molecule has 3 N–H and O–H groups in total. The van der Waals surface area contributed by atoms with Crippen LogP contribution in [0.3, 0.4) is 0 Å². The van der Waals surface area contributed by atoms with Crippen molar-refractivity contribution in [3.8, 4) is 5.75 Å². The number of nitrogens with one attached hydrogen (secondary N) is 2. The predicted octanol–water partition coefficient (Wildman–Crippen LogP) is 3.29. The Morgan fingerprint density at radius 1 is 1.21 bits per heavy atom. The van der Waals surface area contributed by atoms with E-state index in [1.165, 1.54) is 12.3 Å². The summed E-state index contributed by atoms with van der Waals surface area (Å²) in [5.41, 5.74) is 3.07. The summed E-state index contributed by atoms with van der Waals surface area (Å²) < 4.78 is 0.757. The summed E-state index contributed by atoms with van der Waals surface area (Å²) in [4.78, 5) is 23.5. The maximum Gasteiger partial charge on any atom is 0.249 e. The lowest BCUT2D eigenvalue weighted by Crippen LogP contribution is -2.24. The Labute approximate surface area is 151 Å². The van der Waals surface area contributed by atoms with Crippen LogP contribution in [0.25, 0.3) is 0 Å². The van der Waals surface area contributed by atoms with Gasteiger partial charge in [0.1, 0.15) is 12.2 Å². The summed E-state index contributed by atoms with van der Waals surface area (Å²) in [6.07, 6.45) is 0.872. The summed E-state index contributed by atoms with van der Waals surface area (Å²) in [5.74, 6) is -1.08. The van der Waals surface area contributed by atoms with E-state index in [0.717, 1.165) is 4.47 Å². The van der Waals surface area contributed by atoms with Crippen LogP contribution >= 0.6 is 27.5 Å². The lowest BCUT2D eigenvalue weighted by atomic mass is 10.2. The molecule has 0 spiro atoms. The maximum absolute atomic E-state index is 11.8. The van der Waals surface area contributed by atoms with Crippen molar-refractivity contribution in [3.63, 3.8) is 0 Å². The highest BCUT2D eigenvalue weighted by molar-refractivity contribution is 9.10. The van der Waals surface area contributed by atoms with Crippen molar-refractivity contribution < 1.29 is 14.7 Å². The molecule has 2 amide bonds. The van der Waals surface area contributed by atoms with Crippen molar-refractivity contribution in [3.05, 3.63) is 57.5 Å². The largest absolute Gasteiger partial charge is 0.507 e. The second-order valence-corrected chi connectivity index (χ2v) is 6.02. The molecule has 2 aromatic rings. The quantitative estimate of drug-likeness (QED) is 0.401. The number of nitrogens with zero attached hydrogens (tertiary/aromatic N) is 1. The summed E-state index contributed by atoms with van der Waals surface area (Å²) in [7, 11) is 0. The third-order valence-corrected chi connectivity index (χ3v) is 3.67. The van der Waals surface area contributed by atoms with E-state index in [1.807, 2.05) is 0 Å². The number of phenols is 1. The van der Waals surface area contributed by atoms with Crippen molar-refractivity contribution in [1.82, 2.24) is 5.43 Å². The number of amides is 2. The molecule has 0 radical (unpaired) electrons. The molecule has 0 bridgehead atoms. The van der Waals surface area contributed by atoms with Crippen LogP contribution in [0.5, 0.6) is 5.75 Å². The minimum atomic E-state index is -0.592. The molecule has 2 aromatic carbocycles. The number of benzene rings is 2. The summed E-state index contributed by atoms with van der Waals surface area (Å²) in [6.45, 7) is 0. The zero-order chi connectivity index (χ0) is 17.5. The van der Waals surface area contributed by atoms with Gasteiger partial charge in [0, 0.05) is 10.0 Å². The highest BCUT2D eigenvalue weighted by Gasteiger charge is 2.10. The average Bonchev–Trinajstić information content (AvgIpc) is 2.53. The first kappa shape index (κ1) is 18.0. The normalized spacial score (nSPS) is 10.6. The predicted molar refractivity (Wildman–Crippen MR) is 96.2 cm³/mol. The third-order valence-electron chi connectivity index (χ3n) is 2.85. The summed E-state index contributed by atoms with van der Waals surface area (Å²) >= 11 is 9.18. The maximum atomic E-state index is 11.8. The molecule has 0 aliphatic carbocycles. The molecule has 0 heterocycles. The van der Waals surface area contributed by atoms with Gasteiger partial charge in [-0.15, -0.1) is 0 Å². The number of phenolic OH excluding ortho intramolecular Hbond substituents is 1. The van der Waals surface area contributed by atoms with Gasteiger partial charge in [0.15, 0.2) is 0 Å². The molecule has 0 atom stereocenters.